The molecule has 1 aromatic heterocycles. The molecule has 0 aliphatic carbocycles. The highest BCUT2D eigenvalue weighted by Crippen LogP contribution is 2.11. The van der Waals surface area contributed by atoms with Gasteiger partial charge in [-0.3, -0.25) is 10.1 Å². The van der Waals surface area contributed by atoms with E-state index in [0.717, 1.165) is 11.5 Å². The fraction of sp³-hybridized carbons (Fsp3) is 0.0909. The molecule has 18 heavy (non-hydrogen) atoms. The summed E-state index contributed by atoms with van der Waals surface area (Å²) in [5.41, 5.74) is 0.954. The normalized spacial score (nSPS) is 9.39. The number of benzene rings is 1. The third kappa shape index (κ3) is 2.88. The number of nitrogens with zero attached hydrogens (tertiary/aromatic N) is 3. The maximum atomic E-state index is 12.0. The first kappa shape index (κ1) is 12.2. The molecule has 0 unspecified atom stereocenters. The van der Waals surface area contributed by atoms with Gasteiger partial charge in [0.2, 0.25) is 5.13 Å². The van der Waals surface area contributed by atoms with Crippen molar-refractivity contribution in [3.05, 3.63) is 35.4 Å². The van der Waals surface area contributed by atoms with Crippen LogP contribution in [-0.4, -0.2) is 32.4 Å². The number of carbonyl (C=O) groups excluding carboxylic acids is 1. The predicted molar refractivity (Wildman–Crippen MR) is 66.1 cm³/mol. The molecule has 1 heterocycles. The summed E-state index contributed by atoms with van der Waals surface area (Å²) in [6.45, 7) is -0.254. The minimum Gasteiger partial charge on any atom is -0.384 e. The lowest BCUT2D eigenvalue weighted by Crippen LogP contribution is -2.13. The van der Waals surface area contributed by atoms with Crippen LogP contribution >= 0.6 is 11.5 Å². The average molecular weight is 260 g/mol. The molecule has 2 N–H and O–H groups in total. The molecule has 0 fully saturated rings. The van der Waals surface area contributed by atoms with Crippen molar-refractivity contribution in [2.75, 3.05) is 11.9 Å². The van der Waals surface area contributed by atoms with E-state index >= 15 is 0 Å². The van der Waals surface area contributed by atoms with Gasteiger partial charge in [-0.25, -0.2) is 0 Å². The molecule has 0 aliphatic rings. The minimum atomic E-state index is -0.337. The maximum absolute atomic E-state index is 12.0. The summed E-state index contributed by atoms with van der Waals surface area (Å²) in [6, 6.07) is 6.85. The van der Waals surface area contributed by atoms with E-state index in [0.29, 0.717) is 16.3 Å². The molecule has 0 saturated heterocycles. The summed E-state index contributed by atoms with van der Waals surface area (Å²) in [6.07, 6.45) is 0. The van der Waals surface area contributed by atoms with Gasteiger partial charge in [-0.15, -0.1) is 0 Å². The second-order valence-electron chi connectivity index (χ2n) is 3.13. The van der Waals surface area contributed by atoms with Crippen LogP contribution in [0, 0.1) is 11.8 Å². The predicted octanol–water partition coefficient (Wildman–Crippen LogP) is 0.529. The number of rotatable bonds is 2. The molecule has 1 aromatic carbocycles. The first-order chi connectivity index (χ1) is 8.81. The summed E-state index contributed by atoms with van der Waals surface area (Å²) in [5, 5.41) is 18.6. The van der Waals surface area contributed by atoms with E-state index in [1.54, 1.807) is 24.3 Å². The smallest absolute Gasteiger partial charge is 0.258 e. The average Bonchev–Trinajstić information content (AvgIpc) is 2.89. The van der Waals surface area contributed by atoms with E-state index in [-0.39, 0.29) is 12.5 Å². The Labute approximate surface area is 107 Å². The lowest BCUT2D eigenvalue weighted by Gasteiger charge is -2.03. The minimum absolute atomic E-state index is 0.254. The number of aromatic nitrogens is 3. The first-order valence-corrected chi connectivity index (χ1v) is 5.73. The van der Waals surface area contributed by atoms with Crippen LogP contribution in [0.1, 0.15) is 15.9 Å². The molecule has 2 aromatic rings. The van der Waals surface area contributed by atoms with Crippen molar-refractivity contribution in [1.29, 1.82) is 0 Å². The van der Waals surface area contributed by atoms with Crippen LogP contribution in [0.15, 0.2) is 24.3 Å². The lowest BCUT2D eigenvalue weighted by atomic mass is 10.1. The monoisotopic (exact) mass is 260 g/mol. The van der Waals surface area contributed by atoms with Gasteiger partial charge in [0.15, 0.2) is 0 Å². The molecule has 7 heteroatoms. The Morgan fingerprint density at radius 1 is 1.44 bits per heavy atom. The Kier molecular flexibility index (Phi) is 3.96. The standard InChI is InChI=1S/C11H8N4O2S/c16-7-3-5-8-4-1-2-6-9(8)10(17)12-11-13-14-15-18-11/h1-2,4,6,16H,7H2,(H,12,13,15,17). The number of anilines is 1. The van der Waals surface area contributed by atoms with E-state index in [1.807, 2.05) is 0 Å². The zero-order valence-corrected chi connectivity index (χ0v) is 9.94. The highest BCUT2D eigenvalue weighted by molar-refractivity contribution is 7.09. The summed E-state index contributed by atoms with van der Waals surface area (Å²) in [5.74, 6) is 4.88. The second-order valence-corrected chi connectivity index (χ2v) is 3.86. The van der Waals surface area contributed by atoms with Crippen molar-refractivity contribution in [1.82, 2.24) is 14.8 Å². The number of aliphatic hydroxyl groups is 1. The number of aliphatic hydroxyl groups excluding tert-OH is 1. The molecule has 0 atom stereocenters. The maximum Gasteiger partial charge on any atom is 0.258 e. The van der Waals surface area contributed by atoms with Gasteiger partial charge in [0.1, 0.15) is 6.61 Å². The van der Waals surface area contributed by atoms with Crippen LogP contribution in [0.25, 0.3) is 0 Å². The summed E-state index contributed by atoms with van der Waals surface area (Å²) in [4.78, 5) is 12.0. The van der Waals surface area contributed by atoms with E-state index in [2.05, 4.69) is 32.0 Å². The van der Waals surface area contributed by atoms with Crippen molar-refractivity contribution in [2.45, 2.75) is 0 Å². The molecular weight excluding hydrogens is 252 g/mol. The number of carbonyl (C=O) groups is 1. The van der Waals surface area contributed by atoms with Gasteiger partial charge in [-0.05, 0) is 17.3 Å². The molecule has 0 aliphatic heterocycles. The van der Waals surface area contributed by atoms with E-state index in [4.69, 9.17) is 5.11 Å². The Bertz CT molecular complexity index is 601. The van der Waals surface area contributed by atoms with Gasteiger partial charge >= 0.3 is 0 Å². The van der Waals surface area contributed by atoms with Gasteiger partial charge in [0.25, 0.3) is 5.91 Å². The van der Waals surface area contributed by atoms with Gasteiger partial charge in [0, 0.05) is 17.1 Å². The van der Waals surface area contributed by atoms with Crippen LogP contribution in [0.4, 0.5) is 5.13 Å². The summed E-state index contributed by atoms with van der Waals surface area (Å²) in [7, 11) is 0. The SMILES string of the molecule is O=C(Nc1nnns1)c1ccccc1C#CCO. The van der Waals surface area contributed by atoms with Gasteiger partial charge in [0.05, 0.1) is 5.56 Å². The lowest BCUT2D eigenvalue weighted by molar-refractivity contribution is 0.102. The Hall–Kier alpha value is -2.30. The third-order valence-electron chi connectivity index (χ3n) is 1.99. The zero-order chi connectivity index (χ0) is 12.8. The second kappa shape index (κ2) is 5.86. The molecule has 90 valence electrons. The van der Waals surface area contributed by atoms with Crippen LogP contribution in [0.3, 0.4) is 0 Å². The molecule has 0 spiro atoms. The van der Waals surface area contributed by atoms with Gasteiger partial charge in [-0.1, -0.05) is 33.6 Å². The van der Waals surface area contributed by atoms with Crippen LogP contribution in [-0.2, 0) is 0 Å². The largest absolute Gasteiger partial charge is 0.384 e. The number of hydrogen-bond donors (Lipinski definition) is 2. The molecule has 0 radical (unpaired) electrons. The molecule has 0 saturated carbocycles. The van der Waals surface area contributed by atoms with E-state index in [1.165, 1.54) is 0 Å². The van der Waals surface area contributed by atoms with Crippen molar-refractivity contribution >= 4 is 22.6 Å². The van der Waals surface area contributed by atoms with Crippen LogP contribution < -0.4 is 5.32 Å². The summed E-state index contributed by atoms with van der Waals surface area (Å²) >= 11 is 0.989. The number of amides is 1. The fourth-order valence-corrected chi connectivity index (χ4v) is 1.63. The quantitative estimate of drug-likeness (QED) is 0.769. The topological polar surface area (TPSA) is 88.0 Å². The highest BCUT2D eigenvalue weighted by Gasteiger charge is 2.11. The van der Waals surface area contributed by atoms with Gasteiger partial charge in [-0.2, -0.15) is 0 Å². The Morgan fingerprint density at radius 3 is 3.00 bits per heavy atom. The summed E-state index contributed by atoms with van der Waals surface area (Å²) < 4.78 is 3.55. The Balaban J connectivity index is 2.24. The Morgan fingerprint density at radius 2 is 2.28 bits per heavy atom. The third-order valence-corrected chi connectivity index (χ3v) is 2.50. The first-order valence-electron chi connectivity index (χ1n) is 4.96. The number of nitrogens with one attached hydrogen (secondary N) is 1. The molecule has 6 nitrogen and oxygen atoms in total. The van der Waals surface area contributed by atoms with Crippen molar-refractivity contribution in [3.63, 3.8) is 0 Å². The zero-order valence-electron chi connectivity index (χ0n) is 9.12. The van der Waals surface area contributed by atoms with Crippen LogP contribution in [0.5, 0.6) is 0 Å². The van der Waals surface area contributed by atoms with Crippen molar-refractivity contribution < 1.29 is 9.90 Å². The van der Waals surface area contributed by atoms with Gasteiger partial charge < -0.3 is 5.11 Å². The fourth-order valence-electron chi connectivity index (χ4n) is 1.27. The van der Waals surface area contributed by atoms with E-state index < -0.39 is 0 Å². The molecule has 1 amide bonds. The van der Waals surface area contributed by atoms with E-state index in [9.17, 15) is 4.79 Å². The van der Waals surface area contributed by atoms with Crippen molar-refractivity contribution in [3.8, 4) is 11.8 Å². The van der Waals surface area contributed by atoms with Crippen LogP contribution in [0.2, 0.25) is 0 Å². The molecular formula is C11H8N4O2S. The van der Waals surface area contributed by atoms with Crippen molar-refractivity contribution in [2.24, 2.45) is 0 Å². The highest BCUT2D eigenvalue weighted by atomic mass is 32.1. The molecule has 0 bridgehead atoms. The number of hydrogen-bond acceptors (Lipinski definition) is 6. The molecule has 2 rings (SSSR count).